The molecule has 0 saturated carbocycles. The molecule has 0 radical (unpaired) electrons. The van der Waals surface area contributed by atoms with Crippen molar-refractivity contribution in [2.24, 2.45) is 0 Å². The first kappa shape index (κ1) is 24.3. The lowest BCUT2D eigenvalue weighted by atomic mass is 9.87. The number of aliphatic carboxylic acids is 1. The van der Waals surface area contributed by atoms with Crippen molar-refractivity contribution in [3.05, 3.63) is 83.7 Å². The minimum Gasteiger partial charge on any atom is -0.496 e. The summed E-state index contributed by atoms with van der Waals surface area (Å²) in [4.78, 5) is 13.2. The van der Waals surface area contributed by atoms with Crippen molar-refractivity contribution in [2.75, 3.05) is 18.7 Å². The second-order valence-corrected chi connectivity index (χ2v) is 9.26. The highest BCUT2D eigenvalue weighted by Gasteiger charge is 2.32. The number of fused-ring (bicyclic) bond motifs is 1. The van der Waals surface area contributed by atoms with Gasteiger partial charge >= 0.3 is 5.97 Å². The quantitative estimate of drug-likeness (QED) is 0.400. The Hall–Kier alpha value is -3.80. The molecule has 1 N–H and O–H groups in total. The summed E-state index contributed by atoms with van der Waals surface area (Å²) in [6.07, 6.45) is 2.67. The van der Waals surface area contributed by atoms with Gasteiger partial charge in [-0.15, -0.1) is 0 Å². The number of para-hydroxylation sites is 1. The molecule has 0 aliphatic carbocycles. The number of carbonyl (C=O) groups is 1. The molecule has 0 aromatic heterocycles. The maximum Gasteiger partial charge on any atom is 0.303 e. The smallest absolute Gasteiger partial charge is 0.303 e. The molecule has 1 aliphatic rings. The number of rotatable bonds is 8. The molecule has 1 aliphatic heterocycles. The Balaban J connectivity index is 1.66. The first-order valence-electron chi connectivity index (χ1n) is 11.6. The van der Waals surface area contributed by atoms with E-state index in [9.17, 15) is 9.18 Å². The lowest BCUT2D eigenvalue weighted by molar-refractivity contribution is -0.136. The number of carboxylic acids is 1. The molecular formula is C29H30FNO4. The molecule has 3 aromatic carbocycles. The van der Waals surface area contributed by atoms with Gasteiger partial charge in [0.2, 0.25) is 0 Å². The fraction of sp³-hybridized carbons (Fsp3) is 0.276. The van der Waals surface area contributed by atoms with Crippen LogP contribution in [0.4, 0.5) is 10.1 Å². The molecule has 1 heterocycles. The van der Waals surface area contributed by atoms with Gasteiger partial charge in [-0.05, 0) is 74.2 Å². The van der Waals surface area contributed by atoms with Gasteiger partial charge in [0.25, 0.3) is 0 Å². The van der Waals surface area contributed by atoms with E-state index < -0.39 is 5.97 Å². The predicted molar refractivity (Wildman–Crippen MR) is 136 cm³/mol. The number of halogens is 1. The third-order valence-electron chi connectivity index (χ3n) is 6.38. The van der Waals surface area contributed by atoms with Crippen molar-refractivity contribution < 1.29 is 23.8 Å². The number of hydrogen-bond acceptors (Lipinski definition) is 4. The van der Waals surface area contributed by atoms with Crippen LogP contribution in [0.1, 0.15) is 38.3 Å². The molecule has 0 bridgehead atoms. The molecule has 35 heavy (non-hydrogen) atoms. The van der Waals surface area contributed by atoms with E-state index in [1.807, 2.05) is 30.3 Å². The van der Waals surface area contributed by atoms with Crippen molar-refractivity contribution in [1.29, 1.82) is 0 Å². The number of nitrogens with zero attached hydrogens (tertiary/aromatic N) is 1. The molecule has 0 spiro atoms. The summed E-state index contributed by atoms with van der Waals surface area (Å²) in [5, 5.41) is 9.07. The topological polar surface area (TPSA) is 59.0 Å². The number of ether oxygens (including phenoxy) is 2. The summed E-state index contributed by atoms with van der Waals surface area (Å²) in [6.45, 7) is 6.66. The van der Waals surface area contributed by atoms with E-state index >= 15 is 0 Å². The Kier molecular flexibility index (Phi) is 6.83. The van der Waals surface area contributed by atoms with Crippen LogP contribution < -0.4 is 14.4 Å². The van der Waals surface area contributed by atoms with Crippen LogP contribution in [0.5, 0.6) is 11.5 Å². The number of carboxylic acid groups (broad SMARTS) is 1. The monoisotopic (exact) mass is 475 g/mol. The van der Waals surface area contributed by atoms with Crippen LogP contribution >= 0.6 is 0 Å². The lowest BCUT2D eigenvalue weighted by Gasteiger charge is -2.43. The van der Waals surface area contributed by atoms with E-state index in [1.54, 1.807) is 6.07 Å². The summed E-state index contributed by atoms with van der Waals surface area (Å²) in [6, 6.07) is 18.3. The van der Waals surface area contributed by atoms with Crippen LogP contribution in [-0.2, 0) is 11.2 Å². The van der Waals surface area contributed by atoms with E-state index in [-0.39, 0.29) is 17.8 Å². The molecule has 6 heteroatoms. The Morgan fingerprint density at radius 1 is 1.03 bits per heavy atom. The summed E-state index contributed by atoms with van der Waals surface area (Å²) >= 11 is 0. The van der Waals surface area contributed by atoms with Gasteiger partial charge in [0.15, 0.2) is 6.73 Å². The average Bonchev–Trinajstić information content (AvgIpc) is 2.82. The van der Waals surface area contributed by atoms with Crippen LogP contribution in [0.15, 0.2) is 66.7 Å². The van der Waals surface area contributed by atoms with E-state index in [1.165, 1.54) is 19.2 Å². The molecule has 0 unspecified atom stereocenters. The van der Waals surface area contributed by atoms with Crippen molar-refractivity contribution >= 4 is 17.2 Å². The molecule has 0 saturated heterocycles. The van der Waals surface area contributed by atoms with Crippen molar-refractivity contribution in [2.45, 2.75) is 39.2 Å². The Morgan fingerprint density at radius 3 is 2.54 bits per heavy atom. The van der Waals surface area contributed by atoms with Crippen LogP contribution in [0.3, 0.4) is 0 Å². The zero-order chi connectivity index (χ0) is 25.2. The second kappa shape index (κ2) is 9.82. The van der Waals surface area contributed by atoms with E-state index in [0.29, 0.717) is 24.7 Å². The zero-order valence-corrected chi connectivity index (χ0v) is 20.5. The third-order valence-corrected chi connectivity index (χ3v) is 6.38. The standard InChI is InChI=1S/C29H30FNO4/c1-19-17-29(2,3)31(18-35-26-8-6-5-7-20(26)10-14-28(32)33)25-13-9-21(15-24(19)25)23-12-11-22(30)16-27(23)34-4/h5-9,11-13,15-17H,10,14,18H2,1-4H3,(H,32,33). The number of benzene rings is 3. The fourth-order valence-electron chi connectivity index (χ4n) is 4.62. The maximum atomic E-state index is 13.7. The largest absolute Gasteiger partial charge is 0.496 e. The number of hydrogen-bond donors (Lipinski definition) is 1. The fourth-order valence-corrected chi connectivity index (χ4v) is 4.62. The molecule has 3 aromatic rings. The highest BCUT2D eigenvalue weighted by atomic mass is 19.1. The Labute approximate surface area is 205 Å². The van der Waals surface area contributed by atoms with Gasteiger partial charge < -0.3 is 19.5 Å². The highest BCUT2D eigenvalue weighted by molar-refractivity contribution is 5.85. The molecule has 182 valence electrons. The van der Waals surface area contributed by atoms with Gasteiger partial charge in [0.1, 0.15) is 17.3 Å². The SMILES string of the molecule is COc1cc(F)ccc1-c1ccc2c(c1)C(C)=CC(C)(C)N2COc1ccccc1CCC(=O)O. The van der Waals surface area contributed by atoms with E-state index in [4.69, 9.17) is 14.6 Å². The minimum atomic E-state index is -0.833. The predicted octanol–water partition coefficient (Wildman–Crippen LogP) is 6.56. The van der Waals surface area contributed by atoms with E-state index in [2.05, 4.69) is 43.9 Å². The van der Waals surface area contributed by atoms with Gasteiger partial charge in [-0.1, -0.05) is 30.3 Å². The normalized spacial score (nSPS) is 14.2. The second-order valence-electron chi connectivity index (χ2n) is 9.26. The molecular weight excluding hydrogens is 445 g/mol. The summed E-state index contributed by atoms with van der Waals surface area (Å²) in [5.74, 6) is -0.000588. The first-order valence-corrected chi connectivity index (χ1v) is 11.6. The van der Waals surface area contributed by atoms with Crippen LogP contribution in [0.2, 0.25) is 0 Å². The van der Waals surface area contributed by atoms with Gasteiger partial charge in [-0.3, -0.25) is 4.79 Å². The first-order chi connectivity index (χ1) is 16.7. The number of allylic oxidation sites excluding steroid dienone is 1. The minimum absolute atomic E-state index is 0.0516. The molecule has 0 fully saturated rings. The molecule has 0 atom stereocenters. The van der Waals surface area contributed by atoms with Gasteiger partial charge in [-0.2, -0.15) is 0 Å². The number of methoxy groups -OCH3 is 1. The molecule has 5 nitrogen and oxygen atoms in total. The summed E-state index contributed by atoms with van der Waals surface area (Å²) in [7, 11) is 1.54. The van der Waals surface area contributed by atoms with Gasteiger partial charge in [0, 0.05) is 29.3 Å². The lowest BCUT2D eigenvalue weighted by Crippen LogP contribution is -2.47. The Morgan fingerprint density at radius 2 is 1.80 bits per heavy atom. The highest BCUT2D eigenvalue weighted by Crippen LogP contribution is 2.42. The number of aryl methyl sites for hydroxylation is 1. The molecule has 0 amide bonds. The van der Waals surface area contributed by atoms with Gasteiger partial charge in [-0.25, -0.2) is 4.39 Å². The van der Waals surface area contributed by atoms with E-state index in [0.717, 1.165) is 33.5 Å². The van der Waals surface area contributed by atoms with Crippen molar-refractivity contribution in [3.63, 3.8) is 0 Å². The van der Waals surface area contributed by atoms with Gasteiger partial charge in [0.05, 0.1) is 12.6 Å². The molecule has 4 rings (SSSR count). The van der Waals surface area contributed by atoms with Crippen LogP contribution in [-0.4, -0.2) is 30.5 Å². The average molecular weight is 476 g/mol. The van der Waals surface area contributed by atoms with Crippen LogP contribution in [0.25, 0.3) is 16.7 Å². The van der Waals surface area contributed by atoms with Crippen LogP contribution in [0, 0.1) is 5.82 Å². The number of anilines is 1. The summed E-state index contributed by atoms with van der Waals surface area (Å²) in [5.41, 5.74) is 5.57. The third kappa shape index (κ3) is 5.16. The Bertz CT molecular complexity index is 1280. The van der Waals surface area contributed by atoms with Crippen molar-refractivity contribution in [3.8, 4) is 22.6 Å². The van der Waals surface area contributed by atoms with Crippen molar-refractivity contribution in [1.82, 2.24) is 0 Å². The summed E-state index contributed by atoms with van der Waals surface area (Å²) < 4.78 is 25.4. The zero-order valence-electron chi connectivity index (χ0n) is 20.5. The maximum absolute atomic E-state index is 13.7.